The number of carboxylic acids is 1. The highest BCUT2D eigenvalue weighted by molar-refractivity contribution is 6.33. The first-order valence-corrected chi connectivity index (χ1v) is 6.34. The van der Waals surface area contributed by atoms with E-state index in [4.69, 9.17) is 21.4 Å². The first-order chi connectivity index (χ1) is 9.58. The molecule has 0 aliphatic rings. The molecule has 2 N–H and O–H groups in total. The average Bonchev–Trinajstić information content (AvgIpc) is 2.46. The number of aliphatic hydroxyl groups excluding tert-OH is 1. The SMILES string of the molecule is O=C(O)c1cc(OCC(O)c2ccccc2)ccc1Cl. The van der Waals surface area contributed by atoms with Crippen LogP contribution in [0, 0.1) is 0 Å². The molecular weight excluding hydrogens is 280 g/mol. The molecule has 0 aromatic heterocycles. The summed E-state index contributed by atoms with van der Waals surface area (Å²) in [5, 5.41) is 19.1. The van der Waals surface area contributed by atoms with E-state index in [0.29, 0.717) is 5.75 Å². The molecule has 0 radical (unpaired) electrons. The maximum Gasteiger partial charge on any atom is 0.337 e. The van der Waals surface area contributed by atoms with Crippen molar-refractivity contribution in [1.29, 1.82) is 0 Å². The molecule has 1 unspecified atom stereocenters. The van der Waals surface area contributed by atoms with Gasteiger partial charge in [0.2, 0.25) is 0 Å². The summed E-state index contributed by atoms with van der Waals surface area (Å²) >= 11 is 5.76. The Kier molecular flexibility index (Phi) is 4.61. The third kappa shape index (κ3) is 3.50. The van der Waals surface area contributed by atoms with Crippen LogP contribution in [0.5, 0.6) is 5.75 Å². The van der Waals surface area contributed by atoms with Gasteiger partial charge in [0.1, 0.15) is 18.5 Å². The predicted molar refractivity (Wildman–Crippen MR) is 75.3 cm³/mol. The van der Waals surface area contributed by atoms with Crippen LogP contribution in [-0.4, -0.2) is 22.8 Å². The van der Waals surface area contributed by atoms with Crippen molar-refractivity contribution in [2.24, 2.45) is 0 Å². The van der Waals surface area contributed by atoms with E-state index in [2.05, 4.69) is 0 Å². The number of carboxylic acid groups (broad SMARTS) is 1. The van der Waals surface area contributed by atoms with Crippen molar-refractivity contribution in [2.45, 2.75) is 6.10 Å². The lowest BCUT2D eigenvalue weighted by molar-refractivity contribution is 0.0696. The summed E-state index contributed by atoms with van der Waals surface area (Å²) in [5.41, 5.74) is 0.707. The molecule has 4 nitrogen and oxygen atoms in total. The fourth-order valence-corrected chi connectivity index (χ4v) is 1.90. The van der Waals surface area contributed by atoms with Gasteiger partial charge < -0.3 is 14.9 Å². The van der Waals surface area contributed by atoms with Gasteiger partial charge in [0.25, 0.3) is 0 Å². The van der Waals surface area contributed by atoms with Crippen LogP contribution in [0.4, 0.5) is 0 Å². The Balaban J connectivity index is 2.04. The minimum absolute atomic E-state index is 0.0293. The van der Waals surface area contributed by atoms with Crippen molar-refractivity contribution in [2.75, 3.05) is 6.61 Å². The Bertz CT molecular complexity index is 598. The predicted octanol–water partition coefficient (Wildman–Crippen LogP) is 3.15. The molecule has 0 saturated carbocycles. The van der Waals surface area contributed by atoms with Crippen molar-refractivity contribution < 1.29 is 19.7 Å². The first-order valence-electron chi connectivity index (χ1n) is 5.96. The number of aromatic carboxylic acids is 1. The van der Waals surface area contributed by atoms with Crippen molar-refractivity contribution in [3.8, 4) is 5.75 Å². The summed E-state index contributed by atoms with van der Waals surface area (Å²) in [6.07, 6.45) is -0.778. The van der Waals surface area contributed by atoms with Gasteiger partial charge in [0.15, 0.2) is 0 Å². The summed E-state index contributed by atoms with van der Waals surface area (Å²) in [4.78, 5) is 10.9. The molecule has 0 fully saturated rings. The third-order valence-electron chi connectivity index (χ3n) is 2.76. The van der Waals surface area contributed by atoms with E-state index < -0.39 is 12.1 Å². The zero-order chi connectivity index (χ0) is 14.5. The molecule has 20 heavy (non-hydrogen) atoms. The number of halogens is 1. The second-order valence-electron chi connectivity index (χ2n) is 4.18. The van der Waals surface area contributed by atoms with Crippen molar-refractivity contribution >= 4 is 17.6 Å². The van der Waals surface area contributed by atoms with Gasteiger partial charge in [-0.05, 0) is 23.8 Å². The number of carbonyl (C=O) groups is 1. The van der Waals surface area contributed by atoms with E-state index in [-0.39, 0.29) is 17.2 Å². The first kappa shape index (κ1) is 14.4. The number of hydrogen-bond acceptors (Lipinski definition) is 3. The molecule has 0 spiro atoms. The van der Waals surface area contributed by atoms with Gasteiger partial charge in [-0.3, -0.25) is 0 Å². The van der Waals surface area contributed by atoms with E-state index >= 15 is 0 Å². The standard InChI is InChI=1S/C15H13ClO4/c16-13-7-6-11(8-12(13)15(18)19)20-9-14(17)10-4-2-1-3-5-10/h1-8,14,17H,9H2,(H,18,19). The van der Waals surface area contributed by atoms with Crippen LogP contribution in [0.1, 0.15) is 22.0 Å². The number of ether oxygens (including phenoxy) is 1. The molecule has 2 aromatic carbocycles. The Morgan fingerprint density at radius 3 is 2.55 bits per heavy atom. The summed E-state index contributed by atoms with van der Waals surface area (Å²) < 4.78 is 5.40. The highest BCUT2D eigenvalue weighted by Gasteiger charge is 2.12. The van der Waals surface area contributed by atoms with E-state index in [1.165, 1.54) is 12.1 Å². The molecule has 0 heterocycles. The Morgan fingerprint density at radius 1 is 1.20 bits per heavy atom. The maximum atomic E-state index is 10.9. The van der Waals surface area contributed by atoms with Gasteiger partial charge in [0, 0.05) is 0 Å². The second kappa shape index (κ2) is 6.41. The topological polar surface area (TPSA) is 66.8 Å². The van der Waals surface area contributed by atoms with Crippen LogP contribution in [-0.2, 0) is 0 Å². The summed E-state index contributed by atoms with van der Waals surface area (Å²) in [7, 11) is 0. The fourth-order valence-electron chi connectivity index (χ4n) is 1.70. The van der Waals surface area contributed by atoms with Crippen molar-refractivity contribution in [1.82, 2.24) is 0 Å². The maximum absolute atomic E-state index is 10.9. The van der Waals surface area contributed by atoms with Crippen LogP contribution < -0.4 is 4.74 Å². The molecule has 2 aromatic rings. The summed E-state index contributed by atoms with van der Waals surface area (Å²) in [5.74, 6) is -0.772. The van der Waals surface area contributed by atoms with Crippen LogP contribution in [0.15, 0.2) is 48.5 Å². The van der Waals surface area contributed by atoms with E-state index in [1.54, 1.807) is 18.2 Å². The van der Waals surface area contributed by atoms with Gasteiger partial charge in [0.05, 0.1) is 10.6 Å². The largest absolute Gasteiger partial charge is 0.491 e. The van der Waals surface area contributed by atoms with Gasteiger partial charge in [-0.1, -0.05) is 41.9 Å². The fraction of sp³-hybridized carbons (Fsp3) is 0.133. The second-order valence-corrected chi connectivity index (χ2v) is 4.59. The van der Waals surface area contributed by atoms with Gasteiger partial charge in [-0.25, -0.2) is 4.79 Å². The van der Waals surface area contributed by atoms with Gasteiger partial charge in [-0.2, -0.15) is 0 Å². The van der Waals surface area contributed by atoms with Gasteiger partial charge in [-0.15, -0.1) is 0 Å². The highest BCUT2D eigenvalue weighted by atomic mass is 35.5. The Labute approximate surface area is 121 Å². The zero-order valence-electron chi connectivity index (χ0n) is 10.5. The lowest BCUT2D eigenvalue weighted by atomic mass is 10.1. The lowest BCUT2D eigenvalue weighted by Gasteiger charge is -2.13. The number of benzene rings is 2. The zero-order valence-corrected chi connectivity index (χ0v) is 11.2. The van der Waals surface area contributed by atoms with E-state index in [9.17, 15) is 9.90 Å². The van der Waals surface area contributed by atoms with E-state index in [1.807, 2.05) is 18.2 Å². The molecule has 2 rings (SSSR count). The average molecular weight is 293 g/mol. The monoisotopic (exact) mass is 292 g/mol. The molecule has 5 heteroatoms. The third-order valence-corrected chi connectivity index (χ3v) is 3.09. The normalized spacial score (nSPS) is 11.9. The number of hydrogen-bond donors (Lipinski definition) is 2. The molecule has 0 aliphatic carbocycles. The van der Waals surface area contributed by atoms with Gasteiger partial charge >= 0.3 is 5.97 Å². The Hall–Kier alpha value is -2.04. The molecular formula is C15H13ClO4. The van der Waals surface area contributed by atoms with Crippen LogP contribution in [0.25, 0.3) is 0 Å². The van der Waals surface area contributed by atoms with Crippen molar-refractivity contribution in [3.63, 3.8) is 0 Å². The highest BCUT2D eigenvalue weighted by Crippen LogP contribution is 2.23. The van der Waals surface area contributed by atoms with Crippen LogP contribution in [0.2, 0.25) is 5.02 Å². The summed E-state index contributed by atoms with van der Waals surface area (Å²) in [6.45, 7) is 0.0324. The molecule has 0 bridgehead atoms. The minimum atomic E-state index is -1.12. The molecule has 0 aliphatic heterocycles. The molecule has 0 amide bonds. The quantitative estimate of drug-likeness (QED) is 0.888. The van der Waals surface area contributed by atoms with Crippen molar-refractivity contribution in [3.05, 3.63) is 64.7 Å². The smallest absolute Gasteiger partial charge is 0.337 e. The number of rotatable bonds is 5. The van der Waals surface area contributed by atoms with Crippen LogP contribution in [0.3, 0.4) is 0 Å². The molecule has 1 atom stereocenters. The lowest BCUT2D eigenvalue weighted by Crippen LogP contribution is -2.10. The number of aliphatic hydroxyl groups is 1. The van der Waals surface area contributed by atoms with E-state index in [0.717, 1.165) is 5.56 Å². The Morgan fingerprint density at radius 2 is 1.90 bits per heavy atom. The minimum Gasteiger partial charge on any atom is -0.491 e. The molecule has 0 saturated heterocycles. The summed E-state index contributed by atoms with van der Waals surface area (Å²) in [6, 6.07) is 13.4. The molecule has 104 valence electrons. The van der Waals surface area contributed by atoms with Crippen LogP contribution >= 0.6 is 11.6 Å².